The molecule has 1 unspecified atom stereocenters. The Morgan fingerprint density at radius 3 is 2.47 bits per heavy atom. The van der Waals surface area contributed by atoms with Crippen LogP contribution in [0.1, 0.15) is 30.9 Å². The van der Waals surface area contributed by atoms with Gasteiger partial charge in [-0.2, -0.15) is 0 Å². The van der Waals surface area contributed by atoms with E-state index in [2.05, 4.69) is 29.2 Å². The number of aliphatic hydroxyl groups excluding tert-OH is 1. The van der Waals surface area contributed by atoms with E-state index < -0.39 is 0 Å². The molecule has 17 heavy (non-hydrogen) atoms. The van der Waals surface area contributed by atoms with Gasteiger partial charge in [-0.1, -0.05) is 36.8 Å². The Hall–Kier alpha value is -0.900. The molecule has 0 heterocycles. The zero-order valence-corrected chi connectivity index (χ0v) is 10.3. The van der Waals surface area contributed by atoms with Crippen LogP contribution in [0.15, 0.2) is 30.3 Å². The Labute approximate surface area is 103 Å². The van der Waals surface area contributed by atoms with Gasteiger partial charge in [-0.05, 0) is 18.4 Å². The Bertz CT molecular complexity index is 324. The van der Waals surface area contributed by atoms with Crippen molar-refractivity contribution in [3.63, 3.8) is 0 Å². The van der Waals surface area contributed by atoms with Gasteiger partial charge in [0.15, 0.2) is 0 Å². The summed E-state index contributed by atoms with van der Waals surface area (Å²) >= 11 is 0. The maximum Gasteiger partial charge on any atom is 0.0558 e. The lowest BCUT2D eigenvalue weighted by Gasteiger charge is -2.42. The van der Waals surface area contributed by atoms with Crippen LogP contribution in [0.5, 0.6) is 0 Å². The second-order valence-electron chi connectivity index (χ2n) is 4.71. The maximum atomic E-state index is 9.21. The Morgan fingerprint density at radius 2 is 2.00 bits per heavy atom. The van der Waals surface area contributed by atoms with Crippen molar-refractivity contribution >= 4 is 0 Å². The topological polar surface area (TPSA) is 49.5 Å². The SMILES string of the molecule is NCC(c1ccccc1)N(CCO)C1CCC1. The maximum absolute atomic E-state index is 9.21. The van der Waals surface area contributed by atoms with Crippen molar-refractivity contribution in [2.24, 2.45) is 5.73 Å². The Morgan fingerprint density at radius 1 is 1.29 bits per heavy atom. The van der Waals surface area contributed by atoms with Gasteiger partial charge >= 0.3 is 0 Å². The van der Waals surface area contributed by atoms with Crippen LogP contribution in [0.25, 0.3) is 0 Å². The molecular weight excluding hydrogens is 212 g/mol. The molecule has 94 valence electrons. The van der Waals surface area contributed by atoms with E-state index >= 15 is 0 Å². The van der Waals surface area contributed by atoms with Crippen LogP contribution in [0.2, 0.25) is 0 Å². The molecule has 1 fully saturated rings. The van der Waals surface area contributed by atoms with Crippen molar-refractivity contribution in [2.75, 3.05) is 19.7 Å². The number of hydrogen-bond donors (Lipinski definition) is 2. The van der Waals surface area contributed by atoms with Gasteiger partial charge in [-0.3, -0.25) is 4.90 Å². The van der Waals surface area contributed by atoms with Crippen LogP contribution >= 0.6 is 0 Å². The van der Waals surface area contributed by atoms with Gasteiger partial charge in [0.2, 0.25) is 0 Å². The lowest BCUT2D eigenvalue weighted by atomic mass is 9.89. The highest BCUT2D eigenvalue weighted by atomic mass is 16.3. The van der Waals surface area contributed by atoms with Crippen LogP contribution in [0.4, 0.5) is 0 Å². The Balaban J connectivity index is 2.13. The number of aliphatic hydroxyl groups is 1. The molecule has 0 bridgehead atoms. The van der Waals surface area contributed by atoms with Gasteiger partial charge in [0.05, 0.1) is 6.61 Å². The molecule has 1 aliphatic rings. The molecule has 1 aliphatic carbocycles. The summed E-state index contributed by atoms with van der Waals surface area (Å²) in [5.74, 6) is 0. The summed E-state index contributed by atoms with van der Waals surface area (Å²) in [6, 6.07) is 11.2. The second-order valence-corrected chi connectivity index (χ2v) is 4.71. The molecule has 0 saturated heterocycles. The van der Waals surface area contributed by atoms with Crippen molar-refractivity contribution in [3.8, 4) is 0 Å². The lowest BCUT2D eigenvalue weighted by molar-refractivity contribution is 0.0623. The molecular formula is C14H22N2O. The molecule has 0 radical (unpaired) electrons. The molecule has 3 N–H and O–H groups in total. The van der Waals surface area contributed by atoms with Crippen molar-refractivity contribution in [2.45, 2.75) is 31.3 Å². The van der Waals surface area contributed by atoms with E-state index in [1.54, 1.807) is 0 Å². The van der Waals surface area contributed by atoms with Crippen molar-refractivity contribution in [3.05, 3.63) is 35.9 Å². The first-order valence-electron chi connectivity index (χ1n) is 6.48. The van der Waals surface area contributed by atoms with Gasteiger partial charge in [0, 0.05) is 25.2 Å². The van der Waals surface area contributed by atoms with Gasteiger partial charge < -0.3 is 10.8 Å². The highest BCUT2D eigenvalue weighted by Gasteiger charge is 2.30. The minimum Gasteiger partial charge on any atom is -0.395 e. The predicted molar refractivity (Wildman–Crippen MR) is 69.7 cm³/mol. The zero-order valence-electron chi connectivity index (χ0n) is 10.3. The molecule has 3 heteroatoms. The first kappa shape index (κ1) is 12.6. The van der Waals surface area contributed by atoms with E-state index in [-0.39, 0.29) is 12.6 Å². The predicted octanol–water partition coefficient (Wildman–Crippen LogP) is 1.53. The van der Waals surface area contributed by atoms with E-state index in [0.29, 0.717) is 12.6 Å². The first-order valence-corrected chi connectivity index (χ1v) is 6.48. The average Bonchev–Trinajstić information content (AvgIpc) is 2.29. The van der Waals surface area contributed by atoms with Crippen LogP contribution in [0, 0.1) is 0 Å². The van der Waals surface area contributed by atoms with Gasteiger partial charge in [-0.25, -0.2) is 0 Å². The first-order chi connectivity index (χ1) is 8.36. The van der Waals surface area contributed by atoms with Crippen molar-refractivity contribution in [1.82, 2.24) is 4.90 Å². The van der Waals surface area contributed by atoms with Gasteiger partial charge in [-0.15, -0.1) is 0 Å². The van der Waals surface area contributed by atoms with Crippen molar-refractivity contribution in [1.29, 1.82) is 0 Å². The fourth-order valence-electron chi connectivity index (χ4n) is 2.56. The minimum absolute atomic E-state index is 0.208. The standard InChI is InChI=1S/C14H22N2O/c15-11-14(12-5-2-1-3-6-12)16(9-10-17)13-7-4-8-13/h1-3,5-6,13-14,17H,4,7-11,15H2. The third-order valence-corrected chi connectivity index (χ3v) is 3.71. The summed E-state index contributed by atoms with van der Waals surface area (Å²) in [5, 5.41) is 9.21. The number of rotatable bonds is 6. The summed E-state index contributed by atoms with van der Waals surface area (Å²) in [7, 11) is 0. The third-order valence-electron chi connectivity index (χ3n) is 3.71. The van der Waals surface area contributed by atoms with E-state index in [9.17, 15) is 5.11 Å². The fraction of sp³-hybridized carbons (Fsp3) is 0.571. The smallest absolute Gasteiger partial charge is 0.0558 e. The van der Waals surface area contributed by atoms with Crippen LogP contribution < -0.4 is 5.73 Å². The normalized spacial score (nSPS) is 18.1. The summed E-state index contributed by atoms with van der Waals surface area (Å²) < 4.78 is 0. The molecule has 0 aliphatic heterocycles. The van der Waals surface area contributed by atoms with Crippen LogP contribution in [0.3, 0.4) is 0 Å². The van der Waals surface area contributed by atoms with E-state index in [1.165, 1.54) is 24.8 Å². The van der Waals surface area contributed by atoms with E-state index in [1.807, 2.05) is 6.07 Å². The summed E-state index contributed by atoms with van der Waals surface area (Å²) in [4.78, 5) is 2.37. The molecule has 3 nitrogen and oxygen atoms in total. The van der Waals surface area contributed by atoms with Crippen molar-refractivity contribution < 1.29 is 5.11 Å². The molecule has 0 spiro atoms. The summed E-state index contributed by atoms with van der Waals surface area (Å²) in [6.45, 7) is 1.54. The zero-order chi connectivity index (χ0) is 12.1. The van der Waals surface area contributed by atoms with E-state index in [0.717, 1.165) is 6.54 Å². The average molecular weight is 234 g/mol. The fourth-order valence-corrected chi connectivity index (χ4v) is 2.56. The second kappa shape index (κ2) is 6.15. The van der Waals surface area contributed by atoms with Crippen LogP contribution in [-0.4, -0.2) is 35.7 Å². The number of benzene rings is 1. The number of nitrogens with two attached hydrogens (primary N) is 1. The molecule has 0 aromatic heterocycles. The highest BCUT2D eigenvalue weighted by Crippen LogP contribution is 2.31. The summed E-state index contributed by atoms with van der Waals surface area (Å²) in [5.41, 5.74) is 7.19. The number of nitrogens with zero attached hydrogens (tertiary/aromatic N) is 1. The quantitative estimate of drug-likeness (QED) is 0.785. The third kappa shape index (κ3) is 2.86. The van der Waals surface area contributed by atoms with Crippen LogP contribution in [-0.2, 0) is 0 Å². The van der Waals surface area contributed by atoms with Gasteiger partial charge in [0.25, 0.3) is 0 Å². The largest absolute Gasteiger partial charge is 0.395 e. The minimum atomic E-state index is 0.208. The lowest BCUT2D eigenvalue weighted by Crippen LogP contribution is -2.46. The molecule has 2 rings (SSSR count). The van der Waals surface area contributed by atoms with Gasteiger partial charge in [0.1, 0.15) is 0 Å². The monoisotopic (exact) mass is 234 g/mol. The van der Waals surface area contributed by atoms with E-state index in [4.69, 9.17) is 5.73 Å². The Kier molecular flexibility index (Phi) is 4.54. The molecule has 1 aromatic rings. The molecule has 0 amide bonds. The highest BCUT2D eigenvalue weighted by molar-refractivity contribution is 5.19. The molecule has 1 aromatic carbocycles. The molecule has 1 saturated carbocycles. The number of hydrogen-bond acceptors (Lipinski definition) is 3. The summed E-state index contributed by atoms with van der Waals surface area (Å²) in [6.07, 6.45) is 3.78. The molecule has 1 atom stereocenters.